The van der Waals surface area contributed by atoms with Crippen molar-refractivity contribution in [2.75, 3.05) is 11.9 Å². The number of fused-ring (bicyclic) bond motifs is 1. The average molecular weight is 277 g/mol. The highest BCUT2D eigenvalue weighted by atomic mass is 35.5. The lowest BCUT2D eigenvalue weighted by atomic mass is 10.1. The highest BCUT2D eigenvalue weighted by Gasteiger charge is 2.18. The number of hydrogen-bond acceptors (Lipinski definition) is 4. The molecule has 1 aliphatic heterocycles. The number of anilines is 1. The van der Waals surface area contributed by atoms with Gasteiger partial charge in [-0.2, -0.15) is 10.1 Å². The van der Waals surface area contributed by atoms with E-state index < -0.39 is 0 Å². The molecule has 0 unspecified atom stereocenters. The van der Waals surface area contributed by atoms with Crippen molar-refractivity contribution in [1.29, 1.82) is 0 Å². The SMILES string of the molecule is O=C(Nc1ncn[nH]1)C1=Cc2cc(Cl)ccc2OC1. The molecule has 0 saturated carbocycles. The van der Waals surface area contributed by atoms with Crippen LogP contribution in [0.1, 0.15) is 5.56 Å². The number of ether oxygens (including phenoxy) is 1. The van der Waals surface area contributed by atoms with Crippen molar-refractivity contribution >= 4 is 29.5 Å². The summed E-state index contributed by atoms with van der Waals surface area (Å²) in [7, 11) is 0. The molecule has 1 aromatic heterocycles. The van der Waals surface area contributed by atoms with Gasteiger partial charge >= 0.3 is 0 Å². The lowest BCUT2D eigenvalue weighted by Crippen LogP contribution is -2.21. The molecule has 0 atom stereocenters. The zero-order valence-electron chi connectivity index (χ0n) is 9.68. The third-order valence-corrected chi connectivity index (χ3v) is 2.86. The van der Waals surface area contributed by atoms with Gasteiger partial charge in [-0.25, -0.2) is 5.10 Å². The van der Waals surface area contributed by atoms with Crippen LogP contribution >= 0.6 is 11.6 Å². The zero-order valence-corrected chi connectivity index (χ0v) is 10.4. The van der Waals surface area contributed by atoms with Gasteiger partial charge in [0.1, 0.15) is 18.7 Å². The van der Waals surface area contributed by atoms with E-state index in [1.807, 2.05) is 0 Å². The molecule has 0 bridgehead atoms. The molecular formula is C12H9ClN4O2. The van der Waals surface area contributed by atoms with Gasteiger partial charge in [0.2, 0.25) is 5.95 Å². The molecule has 1 aliphatic rings. The van der Waals surface area contributed by atoms with Gasteiger partial charge in [-0.05, 0) is 24.3 Å². The Balaban J connectivity index is 1.84. The molecule has 96 valence electrons. The number of aromatic nitrogens is 3. The van der Waals surface area contributed by atoms with Crippen LogP contribution < -0.4 is 10.1 Å². The van der Waals surface area contributed by atoms with E-state index in [1.54, 1.807) is 24.3 Å². The van der Waals surface area contributed by atoms with E-state index >= 15 is 0 Å². The lowest BCUT2D eigenvalue weighted by molar-refractivity contribution is -0.113. The summed E-state index contributed by atoms with van der Waals surface area (Å²) in [5.74, 6) is 0.714. The van der Waals surface area contributed by atoms with Crippen molar-refractivity contribution in [3.05, 3.63) is 40.7 Å². The first kappa shape index (κ1) is 11.7. The summed E-state index contributed by atoms with van der Waals surface area (Å²) in [6, 6.07) is 5.27. The Morgan fingerprint density at radius 2 is 2.37 bits per heavy atom. The number of H-pyrrole nitrogens is 1. The Labute approximate surface area is 113 Å². The first-order chi connectivity index (χ1) is 9.22. The second-order valence-electron chi connectivity index (χ2n) is 3.93. The minimum Gasteiger partial charge on any atom is -0.488 e. The molecule has 1 amide bonds. The summed E-state index contributed by atoms with van der Waals surface area (Å²) in [5, 5.41) is 9.38. The van der Waals surface area contributed by atoms with Crippen LogP contribution in [0.5, 0.6) is 5.75 Å². The molecule has 0 fully saturated rings. The number of nitrogens with one attached hydrogen (secondary N) is 2. The maximum atomic E-state index is 12.0. The van der Waals surface area contributed by atoms with Gasteiger partial charge in [0.25, 0.3) is 5.91 Å². The summed E-state index contributed by atoms with van der Waals surface area (Å²) in [5.41, 5.74) is 1.27. The molecule has 6 nitrogen and oxygen atoms in total. The van der Waals surface area contributed by atoms with E-state index in [4.69, 9.17) is 16.3 Å². The van der Waals surface area contributed by atoms with Gasteiger partial charge < -0.3 is 4.74 Å². The number of hydrogen-bond donors (Lipinski definition) is 2. The van der Waals surface area contributed by atoms with Gasteiger partial charge in [0.15, 0.2) is 0 Å². The van der Waals surface area contributed by atoms with Crippen LogP contribution in [0.25, 0.3) is 6.08 Å². The number of halogens is 1. The number of carbonyl (C=O) groups excluding carboxylic acids is 1. The van der Waals surface area contributed by atoms with Gasteiger partial charge in [-0.3, -0.25) is 10.1 Å². The first-order valence-electron chi connectivity index (χ1n) is 5.52. The molecule has 2 N–H and O–H groups in total. The summed E-state index contributed by atoms with van der Waals surface area (Å²) >= 11 is 5.91. The summed E-state index contributed by atoms with van der Waals surface area (Å²) < 4.78 is 5.50. The molecule has 3 rings (SSSR count). The second kappa shape index (κ2) is 4.74. The zero-order chi connectivity index (χ0) is 13.2. The van der Waals surface area contributed by atoms with Crippen LogP contribution in [0.4, 0.5) is 5.95 Å². The topological polar surface area (TPSA) is 79.9 Å². The second-order valence-corrected chi connectivity index (χ2v) is 4.37. The smallest absolute Gasteiger partial charge is 0.257 e. The van der Waals surface area contributed by atoms with Crippen LogP contribution in [0, 0.1) is 0 Å². The molecule has 0 radical (unpaired) electrons. The minimum atomic E-state index is -0.289. The van der Waals surface area contributed by atoms with Crippen molar-refractivity contribution in [2.45, 2.75) is 0 Å². The molecule has 7 heteroatoms. The molecule has 1 aromatic carbocycles. The van der Waals surface area contributed by atoms with Crippen molar-refractivity contribution in [3.8, 4) is 5.75 Å². The van der Waals surface area contributed by atoms with Crippen LogP contribution in [0.15, 0.2) is 30.1 Å². The predicted molar refractivity (Wildman–Crippen MR) is 69.9 cm³/mol. The van der Waals surface area contributed by atoms with Gasteiger partial charge in [0.05, 0.1) is 5.57 Å². The number of nitrogens with zero attached hydrogens (tertiary/aromatic N) is 2. The van der Waals surface area contributed by atoms with Crippen LogP contribution in [-0.4, -0.2) is 27.7 Å². The first-order valence-corrected chi connectivity index (χ1v) is 5.90. The van der Waals surface area contributed by atoms with E-state index in [0.29, 0.717) is 22.3 Å². The van der Waals surface area contributed by atoms with Crippen LogP contribution in [0.2, 0.25) is 5.02 Å². The molecule has 2 heterocycles. The van der Waals surface area contributed by atoms with Crippen molar-refractivity contribution in [1.82, 2.24) is 15.2 Å². The summed E-state index contributed by atoms with van der Waals surface area (Å²) in [6.07, 6.45) is 3.06. The summed E-state index contributed by atoms with van der Waals surface area (Å²) in [6.45, 7) is 0.203. The largest absolute Gasteiger partial charge is 0.488 e. The Hall–Kier alpha value is -2.34. The lowest BCUT2D eigenvalue weighted by Gasteiger charge is -2.17. The van der Waals surface area contributed by atoms with E-state index in [9.17, 15) is 4.79 Å². The fourth-order valence-corrected chi connectivity index (χ4v) is 1.91. The summed E-state index contributed by atoms with van der Waals surface area (Å²) in [4.78, 5) is 15.8. The predicted octanol–water partition coefficient (Wildman–Crippen LogP) is 1.87. The van der Waals surface area contributed by atoms with Crippen molar-refractivity contribution in [3.63, 3.8) is 0 Å². The Morgan fingerprint density at radius 1 is 1.47 bits per heavy atom. The Kier molecular flexibility index (Phi) is 2.92. The van der Waals surface area contributed by atoms with Crippen molar-refractivity contribution < 1.29 is 9.53 Å². The maximum Gasteiger partial charge on any atom is 0.257 e. The number of rotatable bonds is 2. The molecule has 0 saturated heterocycles. The number of benzene rings is 1. The number of amides is 1. The van der Waals surface area contributed by atoms with Crippen LogP contribution in [-0.2, 0) is 4.79 Å². The standard InChI is InChI=1S/C12H9ClN4O2/c13-9-1-2-10-7(4-9)3-8(5-19-10)11(18)16-12-14-6-15-17-12/h1-4,6H,5H2,(H2,14,15,16,17,18). The molecule has 19 heavy (non-hydrogen) atoms. The fraction of sp³-hybridized carbons (Fsp3) is 0.0833. The third-order valence-electron chi connectivity index (χ3n) is 2.62. The van der Waals surface area contributed by atoms with Crippen LogP contribution in [0.3, 0.4) is 0 Å². The maximum absolute atomic E-state index is 12.0. The Morgan fingerprint density at radius 3 is 3.16 bits per heavy atom. The highest BCUT2D eigenvalue weighted by Crippen LogP contribution is 2.29. The van der Waals surface area contributed by atoms with E-state index in [-0.39, 0.29) is 12.5 Å². The van der Waals surface area contributed by atoms with Gasteiger partial charge in [0, 0.05) is 10.6 Å². The highest BCUT2D eigenvalue weighted by molar-refractivity contribution is 6.30. The number of carbonyl (C=O) groups is 1. The molecular weight excluding hydrogens is 268 g/mol. The monoisotopic (exact) mass is 276 g/mol. The van der Waals surface area contributed by atoms with E-state index in [2.05, 4.69) is 20.5 Å². The van der Waals surface area contributed by atoms with E-state index in [0.717, 1.165) is 5.56 Å². The van der Waals surface area contributed by atoms with E-state index in [1.165, 1.54) is 6.33 Å². The third kappa shape index (κ3) is 2.43. The Bertz CT molecular complexity index is 652. The quantitative estimate of drug-likeness (QED) is 0.877. The molecule has 2 aromatic rings. The normalized spacial score (nSPS) is 13.2. The average Bonchev–Trinajstić information content (AvgIpc) is 2.90. The number of aromatic amines is 1. The van der Waals surface area contributed by atoms with Gasteiger partial charge in [-0.1, -0.05) is 11.6 Å². The molecule has 0 spiro atoms. The molecule has 0 aliphatic carbocycles. The minimum absolute atomic E-state index is 0.203. The fourth-order valence-electron chi connectivity index (χ4n) is 1.73. The van der Waals surface area contributed by atoms with Gasteiger partial charge in [-0.15, -0.1) is 0 Å². The van der Waals surface area contributed by atoms with Crippen molar-refractivity contribution in [2.24, 2.45) is 0 Å².